The number of amides is 1. The van der Waals surface area contributed by atoms with Gasteiger partial charge in [-0.3, -0.25) is 4.79 Å². The van der Waals surface area contributed by atoms with Crippen LogP contribution in [0, 0.1) is 5.92 Å². The molecule has 0 aromatic heterocycles. The molecule has 0 spiro atoms. The first-order valence-electron chi connectivity index (χ1n) is 10.8. The van der Waals surface area contributed by atoms with Crippen LogP contribution in [0.5, 0.6) is 0 Å². The average Bonchev–Trinajstić information content (AvgIpc) is 2.76. The van der Waals surface area contributed by atoms with Crippen LogP contribution in [-0.4, -0.2) is 41.9 Å². The Hall–Kier alpha value is -2.13. The molecule has 0 saturated carbocycles. The summed E-state index contributed by atoms with van der Waals surface area (Å²) in [6, 6.07) is 21.3. The molecule has 1 aliphatic heterocycles. The van der Waals surface area contributed by atoms with Crippen molar-refractivity contribution in [2.45, 2.75) is 45.6 Å². The third-order valence-electron chi connectivity index (χ3n) is 5.99. The van der Waals surface area contributed by atoms with Crippen molar-refractivity contribution in [3.05, 3.63) is 71.8 Å². The number of piperidine rings is 1. The van der Waals surface area contributed by atoms with Crippen LogP contribution in [0.25, 0.3) is 0 Å². The molecule has 0 radical (unpaired) electrons. The van der Waals surface area contributed by atoms with Crippen LogP contribution in [0.15, 0.2) is 60.7 Å². The highest BCUT2D eigenvalue weighted by atomic mass is 16.2. The molecule has 2 aromatic carbocycles. The molecule has 28 heavy (non-hydrogen) atoms. The molecule has 1 fully saturated rings. The number of hydrogen-bond acceptors (Lipinski definition) is 2. The lowest BCUT2D eigenvalue weighted by molar-refractivity contribution is -0.134. The van der Waals surface area contributed by atoms with E-state index >= 15 is 0 Å². The zero-order valence-electron chi connectivity index (χ0n) is 17.4. The maximum atomic E-state index is 12.7. The van der Waals surface area contributed by atoms with E-state index in [4.69, 9.17) is 0 Å². The highest BCUT2D eigenvalue weighted by Gasteiger charge is 2.27. The van der Waals surface area contributed by atoms with Crippen LogP contribution in [0.4, 0.5) is 0 Å². The summed E-state index contributed by atoms with van der Waals surface area (Å²) in [4.78, 5) is 17.4. The van der Waals surface area contributed by atoms with Gasteiger partial charge in [-0.25, -0.2) is 0 Å². The minimum Gasteiger partial charge on any atom is -0.336 e. The van der Waals surface area contributed by atoms with Gasteiger partial charge in [0.2, 0.25) is 5.91 Å². The lowest BCUT2D eigenvalue weighted by Gasteiger charge is -2.38. The van der Waals surface area contributed by atoms with E-state index in [0.717, 1.165) is 26.1 Å². The van der Waals surface area contributed by atoms with Crippen molar-refractivity contribution in [3.8, 4) is 0 Å². The molecule has 1 unspecified atom stereocenters. The second kappa shape index (κ2) is 10.4. The molecule has 3 rings (SSSR count). The molecular formula is C25H34N2O. The van der Waals surface area contributed by atoms with Gasteiger partial charge in [-0.2, -0.15) is 0 Å². The van der Waals surface area contributed by atoms with Crippen molar-refractivity contribution in [2.75, 3.05) is 26.2 Å². The van der Waals surface area contributed by atoms with Gasteiger partial charge in [0.1, 0.15) is 0 Å². The standard InChI is InChI=1S/C25H34N2O/c1-3-25(28)27(21(2)24-14-8-5-9-15-24)20-23-13-10-17-26(19-23)18-16-22-11-6-4-7-12-22/h4-9,11-12,14-15,21,23H,3,10,13,16-20H2,1-2H3/t21-,23?/m0/s1. The monoisotopic (exact) mass is 378 g/mol. The smallest absolute Gasteiger partial charge is 0.222 e. The van der Waals surface area contributed by atoms with Crippen LogP contribution in [0.2, 0.25) is 0 Å². The van der Waals surface area contributed by atoms with Gasteiger partial charge >= 0.3 is 0 Å². The third kappa shape index (κ3) is 5.68. The van der Waals surface area contributed by atoms with Crippen molar-refractivity contribution >= 4 is 5.91 Å². The summed E-state index contributed by atoms with van der Waals surface area (Å²) >= 11 is 0. The van der Waals surface area contributed by atoms with Crippen molar-refractivity contribution in [3.63, 3.8) is 0 Å². The lowest BCUT2D eigenvalue weighted by Crippen LogP contribution is -2.44. The molecule has 150 valence electrons. The number of likely N-dealkylation sites (tertiary alicyclic amines) is 1. The summed E-state index contributed by atoms with van der Waals surface area (Å²) in [5.41, 5.74) is 2.63. The van der Waals surface area contributed by atoms with Crippen LogP contribution in [0.1, 0.15) is 50.3 Å². The average molecular weight is 379 g/mol. The summed E-state index contributed by atoms with van der Waals surface area (Å²) < 4.78 is 0. The van der Waals surface area contributed by atoms with Crippen molar-refractivity contribution < 1.29 is 4.79 Å². The fourth-order valence-corrected chi connectivity index (χ4v) is 4.30. The minimum atomic E-state index is 0.133. The largest absolute Gasteiger partial charge is 0.336 e. The molecule has 0 bridgehead atoms. The summed E-state index contributed by atoms with van der Waals surface area (Å²) in [6.07, 6.45) is 4.12. The predicted molar refractivity (Wildman–Crippen MR) is 116 cm³/mol. The molecule has 0 N–H and O–H groups in total. The summed E-state index contributed by atoms with van der Waals surface area (Å²) in [7, 11) is 0. The quantitative estimate of drug-likeness (QED) is 0.649. The number of hydrogen-bond donors (Lipinski definition) is 0. The molecule has 0 aliphatic carbocycles. The first kappa shape index (κ1) is 20.6. The molecule has 2 atom stereocenters. The second-order valence-electron chi connectivity index (χ2n) is 8.03. The van der Waals surface area contributed by atoms with E-state index in [9.17, 15) is 4.79 Å². The first-order valence-corrected chi connectivity index (χ1v) is 10.8. The summed E-state index contributed by atoms with van der Waals surface area (Å²) in [6.45, 7) is 8.39. The van der Waals surface area contributed by atoms with Gasteiger partial charge in [-0.05, 0) is 49.8 Å². The van der Waals surface area contributed by atoms with Gasteiger partial charge in [0.25, 0.3) is 0 Å². The minimum absolute atomic E-state index is 0.133. The molecular weight excluding hydrogens is 344 g/mol. The van der Waals surface area contributed by atoms with Gasteiger partial charge in [-0.15, -0.1) is 0 Å². The molecule has 3 nitrogen and oxygen atoms in total. The van der Waals surface area contributed by atoms with Crippen molar-refractivity contribution in [1.29, 1.82) is 0 Å². The van der Waals surface area contributed by atoms with E-state index in [-0.39, 0.29) is 11.9 Å². The van der Waals surface area contributed by atoms with E-state index in [1.165, 1.54) is 30.5 Å². The summed E-state index contributed by atoms with van der Waals surface area (Å²) in [5, 5.41) is 0. The van der Waals surface area contributed by atoms with Crippen molar-refractivity contribution in [2.24, 2.45) is 5.92 Å². The van der Waals surface area contributed by atoms with E-state index in [0.29, 0.717) is 12.3 Å². The van der Waals surface area contributed by atoms with Crippen LogP contribution in [-0.2, 0) is 11.2 Å². The molecule has 3 heteroatoms. The Morgan fingerprint density at radius 3 is 2.46 bits per heavy atom. The molecule has 1 aliphatic rings. The van der Waals surface area contributed by atoms with E-state index in [1.54, 1.807) is 0 Å². The Balaban J connectivity index is 1.59. The molecule has 1 amide bonds. The van der Waals surface area contributed by atoms with E-state index in [2.05, 4.69) is 71.3 Å². The van der Waals surface area contributed by atoms with Crippen LogP contribution in [0.3, 0.4) is 0 Å². The highest BCUT2D eigenvalue weighted by Crippen LogP contribution is 2.25. The molecule has 1 saturated heterocycles. The normalized spacial score (nSPS) is 18.6. The number of carbonyl (C=O) groups excluding carboxylic acids is 1. The number of nitrogens with zero attached hydrogens (tertiary/aromatic N) is 2. The maximum Gasteiger partial charge on any atom is 0.222 e. The van der Waals surface area contributed by atoms with Crippen LogP contribution >= 0.6 is 0 Å². The Morgan fingerprint density at radius 2 is 1.79 bits per heavy atom. The SMILES string of the molecule is CCC(=O)N(CC1CCCN(CCc2ccccc2)C1)[C@@H](C)c1ccccc1. The van der Waals surface area contributed by atoms with Gasteiger partial charge in [0, 0.05) is 26.1 Å². The van der Waals surface area contributed by atoms with Crippen molar-refractivity contribution in [1.82, 2.24) is 9.80 Å². The maximum absolute atomic E-state index is 12.7. The van der Waals surface area contributed by atoms with E-state index < -0.39 is 0 Å². The first-order chi connectivity index (χ1) is 13.7. The highest BCUT2D eigenvalue weighted by molar-refractivity contribution is 5.76. The van der Waals surface area contributed by atoms with E-state index in [1.807, 2.05) is 13.0 Å². The Kier molecular flexibility index (Phi) is 7.67. The zero-order chi connectivity index (χ0) is 19.8. The third-order valence-corrected chi connectivity index (χ3v) is 5.99. The van der Waals surface area contributed by atoms with Gasteiger partial charge in [0.05, 0.1) is 6.04 Å². The lowest BCUT2D eigenvalue weighted by atomic mass is 9.95. The Labute approximate surface area is 170 Å². The van der Waals surface area contributed by atoms with Gasteiger partial charge in [-0.1, -0.05) is 67.6 Å². The number of benzene rings is 2. The fourth-order valence-electron chi connectivity index (χ4n) is 4.30. The van der Waals surface area contributed by atoms with Gasteiger partial charge < -0.3 is 9.80 Å². The van der Waals surface area contributed by atoms with Gasteiger partial charge in [0.15, 0.2) is 0 Å². The molecule has 1 heterocycles. The topological polar surface area (TPSA) is 23.6 Å². The Morgan fingerprint density at radius 1 is 1.11 bits per heavy atom. The zero-order valence-corrected chi connectivity index (χ0v) is 17.4. The Bertz CT molecular complexity index is 716. The fraction of sp³-hybridized carbons (Fsp3) is 0.480. The van der Waals surface area contributed by atoms with Crippen LogP contribution < -0.4 is 0 Å². The molecule has 2 aromatic rings. The number of rotatable bonds is 8. The number of carbonyl (C=O) groups is 1. The predicted octanol–water partition coefficient (Wildman–Crippen LogP) is 4.94. The summed E-state index contributed by atoms with van der Waals surface area (Å²) in [5.74, 6) is 0.823. The second-order valence-corrected chi connectivity index (χ2v) is 8.03.